The van der Waals surface area contributed by atoms with Crippen molar-refractivity contribution >= 4 is 0 Å². The summed E-state index contributed by atoms with van der Waals surface area (Å²) < 4.78 is 0. The average molecular weight is 171 g/mol. The second-order valence-corrected chi connectivity index (χ2v) is 3.61. The molecule has 0 radical (unpaired) electrons. The highest BCUT2D eigenvalue weighted by Crippen LogP contribution is 2.09. The summed E-state index contributed by atoms with van der Waals surface area (Å²) in [6, 6.07) is 0.684. The highest BCUT2D eigenvalue weighted by molar-refractivity contribution is 4.79. The molecule has 1 fully saturated rings. The van der Waals surface area contributed by atoms with Gasteiger partial charge in [0.2, 0.25) is 0 Å². The first-order chi connectivity index (χ1) is 5.77. The van der Waals surface area contributed by atoms with E-state index >= 15 is 0 Å². The molecule has 1 rings (SSSR count). The normalized spacial score (nSPS) is 27.8. The molecule has 0 saturated carbocycles. The summed E-state index contributed by atoms with van der Waals surface area (Å²) in [5.74, 6) is 0. The largest absolute Gasteiger partial charge is 0.330 e. The van der Waals surface area contributed by atoms with E-state index in [-0.39, 0.29) is 0 Å². The standard InChI is InChI=1S/C9H21N3/c1-3-12-7-6-11(2)9(8-12)4-5-10/h9H,3-8,10H2,1-2H3. The second-order valence-electron chi connectivity index (χ2n) is 3.61. The van der Waals surface area contributed by atoms with E-state index in [1.165, 1.54) is 26.2 Å². The van der Waals surface area contributed by atoms with Gasteiger partial charge in [0.15, 0.2) is 0 Å². The van der Waals surface area contributed by atoms with Gasteiger partial charge in [0, 0.05) is 25.7 Å². The van der Waals surface area contributed by atoms with Crippen LogP contribution in [0.3, 0.4) is 0 Å². The van der Waals surface area contributed by atoms with E-state index in [1.54, 1.807) is 0 Å². The molecule has 1 aliphatic heterocycles. The first-order valence-electron chi connectivity index (χ1n) is 4.90. The van der Waals surface area contributed by atoms with E-state index in [4.69, 9.17) is 5.73 Å². The minimum absolute atomic E-state index is 0.684. The Balaban J connectivity index is 2.36. The summed E-state index contributed by atoms with van der Waals surface area (Å²) in [5.41, 5.74) is 5.56. The maximum Gasteiger partial charge on any atom is 0.0232 e. The fourth-order valence-electron chi connectivity index (χ4n) is 1.80. The Hall–Kier alpha value is -0.120. The number of nitrogens with two attached hydrogens (primary N) is 1. The maximum atomic E-state index is 5.56. The predicted molar refractivity (Wildman–Crippen MR) is 52.2 cm³/mol. The Labute approximate surface area is 75.5 Å². The third-order valence-corrected chi connectivity index (χ3v) is 2.81. The topological polar surface area (TPSA) is 32.5 Å². The molecule has 0 bridgehead atoms. The zero-order valence-corrected chi connectivity index (χ0v) is 8.29. The van der Waals surface area contributed by atoms with Crippen LogP contribution in [0.1, 0.15) is 13.3 Å². The van der Waals surface area contributed by atoms with E-state index in [0.717, 1.165) is 13.0 Å². The van der Waals surface area contributed by atoms with E-state index in [2.05, 4.69) is 23.8 Å². The van der Waals surface area contributed by atoms with Crippen LogP contribution in [0.15, 0.2) is 0 Å². The third kappa shape index (κ3) is 2.44. The first kappa shape index (κ1) is 9.96. The van der Waals surface area contributed by atoms with Crippen molar-refractivity contribution < 1.29 is 0 Å². The molecule has 3 nitrogen and oxygen atoms in total. The number of piperazine rings is 1. The van der Waals surface area contributed by atoms with Crippen molar-refractivity contribution in [3.05, 3.63) is 0 Å². The van der Waals surface area contributed by atoms with Crippen molar-refractivity contribution in [2.45, 2.75) is 19.4 Å². The smallest absolute Gasteiger partial charge is 0.0232 e. The first-order valence-corrected chi connectivity index (χ1v) is 4.90. The lowest BCUT2D eigenvalue weighted by atomic mass is 10.1. The van der Waals surface area contributed by atoms with E-state index in [0.29, 0.717) is 6.04 Å². The molecule has 1 unspecified atom stereocenters. The molecule has 0 aromatic carbocycles. The fourth-order valence-corrected chi connectivity index (χ4v) is 1.80. The molecule has 72 valence electrons. The van der Waals surface area contributed by atoms with Gasteiger partial charge in [0.25, 0.3) is 0 Å². The summed E-state index contributed by atoms with van der Waals surface area (Å²) in [7, 11) is 2.20. The lowest BCUT2D eigenvalue weighted by Crippen LogP contribution is -2.51. The molecule has 1 heterocycles. The molecular formula is C9H21N3. The van der Waals surface area contributed by atoms with Crippen LogP contribution >= 0.6 is 0 Å². The van der Waals surface area contributed by atoms with Crippen LogP contribution < -0.4 is 5.73 Å². The lowest BCUT2D eigenvalue weighted by Gasteiger charge is -2.38. The van der Waals surface area contributed by atoms with Gasteiger partial charge >= 0.3 is 0 Å². The lowest BCUT2D eigenvalue weighted by molar-refractivity contribution is 0.0958. The minimum atomic E-state index is 0.684. The predicted octanol–water partition coefficient (Wildman–Crippen LogP) is -0.0289. The van der Waals surface area contributed by atoms with Crippen molar-refractivity contribution in [2.75, 3.05) is 39.8 Å². The number of rotatable bonds is 3. The highest BCUT2D eigenvalue weighted by Gasteiger charge is 2.21. The van der Waals surface area contributed by atoms with E-state index in [9.17, 15) is 0 Å². The quantitative estimate of drug-likeness (QED) is 0.647. The maximum absolute atomic E-state index is 5.56. The molecule has 3 heteroatoms. The number of likely N-dealkylation sites (N-methyl/N-ethyl adjacent to an activating group) is 2. The van der Waals surface area contributed by atoms with Crippen LogP contribution in [0, 0.1) is 0 Å². The molecule has 0 spiro atoms. The van der Waals surface area contributed by atoms with Crippen LogP contribution in [0.5, 0.6) is 0 Å². The highest BCUT2D eigenvalue weighted by atomic mass is 15.3. The zero-order valence-electron chi connectivity index (χ0n) is 8.29. The van der Waals surface area contributed by atoms with Gasteiger partial charge in [-0.3, -0.25) is 0 Å². The molecule has 1 aliphatic rings. The molecule has 2 N–H and O–H groups in total. The van der Waals surface area contributed by atoms with Crippen molar-refractivity contribution in [1.82, 2.24) is 9.80 Å². The second kappa shape index (κ2) is 4.80. The zero-order chi connectivity index (χ0) is 8.97. The van der Waals surface area contributed by atoms with Crippen molar-refractivity contribution in [2.24, 2.45) is 5.73 Å². The van der Waals surface area contributed by atoms with Gasteiger partial charge in [-0.25, -0.2) is 0 Å². The van der Waals surface area contributed by atoms with Crippen molar-refractivity contribution in [3.8, 4) is 0 Å². The summed E-state index contributed by atoms with van der Waals surface area (Å²) >= 11 is 0. The summed E-state index contributed by atoms with van der Waals surface area (Å²) in [6.07, 6.45) is 1.13. The van der Waals surface area contributed by atoms with Gasteiger partial charge in [-0.1, -0.05) is 6.92 Å². The number of nitrogens with zero attached hydrogens (tertiary/aromatic N) is 2. The van der Waals surface area contributed by atoms with Gasteiger partial charge in [-0.15, -0.1) is 0 Å². The molecule has 12 heavy (non-hydrogen) atoms. The third-order valence-electron chi connectivity index (χ3n) is 2.81. The Morgan fingerprint density at radius 3 is 2.75 bits per heavy atom. The van der Waals surface area contributed by atoms with Crippen LogP contribution in [0.2, 0.25) is 0 Å². The van der Waals surface area contributed by atoms with Gasteiger partial charge in [-0.2, -0.15) is 0 Å². The molecule has 1 saturated heterocycles. The van der Waals surface area contributed by atoms with E-state index in [1.807, 2.05) is 0 Å². The van der Waals surface area contributed by atoms with E-state index < -0.39 is 0 Å². The van der Waals surface area contributed by atoms with Gasteiger partial charge in [0.05, 0.1) is 0 Å². The minimum Gasteiger partial charge on any atom is -0.330 e. The van der Waals surface area contributed by atoms with Crippen LogP contribution in [-0.2, 0) is 0 Å². The van der Waals surface area contributed by atoms with Crippen LogP contribution in [0.4, 0.5) is 0 Å². The van der Waals surface area contributed by atoms with Crippen molar-refractivity contribution in [1.29, 1.82) is 0 Å². The summed E-state index contributed by atoms with van der Waals surface area (Å²) in [4.78, 5) is 4.93. The SMILES string of the molecule is CCN1CCN(C)C(CCN)C1. The van der Waals surface area contributed by atoms with Crippen LogP contribution in [0.25, 0.3) is 0 Å². The fraction of sp³-hybridized carbons (Fsp3) is 1.00. The average Bonchev–Trinajstić information content (AvgIpc) is 2.09. The molecule has 1 atom stereocenters. The Bertz CT molecular complexity index is 127. The molecule has 0 aliphatic carbocycles. The Morgan fingerprint density at radius 1 is 1.42 bits per heavy atom. The molecule has 0 amide bonds. The number of hydrogen-bond donors (Lipinski definition) is 1. The van der Waals surface area contributed by atoms with Gasteiger partial charge < -0.3 is 15.5 Å². The Morgan fingerprint density at radius 2 is 2.17 bits per heavy atom. The van der Waals surface area contributed by atoms with Crippen molar-refractivity contribution in [3.63, 3.8) is 0 Å². The molecule has 0 aromatic heterocycles. The summed E-state index contributed by atoms with van der Waals surface area (Å²) in [5, 5.41) is 0. The molecular weight excluding hydrogens is 150 g/mol. The van der Waals surface area contributed by atoms with Crippen LogP contribution in [-0.4, -0.2) is 55.6 Å². The monoisotopic (exact) mass is 171 g/mol. The summed E-state index contributed by atoms with van der Waals surface area (Å²) in [6.45, 7) is 7.82. The molecule has 0 aromatic rings. The Kier molecular flexibility index (Phi) is 3.98. The number of hydrogen-bond acceptors (Lipinski definition) is 3. The van der Waals surface area contributed by atoms with Gasteiger partial charge in [-0.05, 0) is 26.6 Å². The van der Waals surface area contributed by atoms with Gasteiger partial charge in [0.1, 0.15) is 0 Å².